The van der Waals surface area contributed by atoms with Crippen molar-refractivity contribution in [2.45, 2.75) is 0 Å². The average Bonchev–Trinajstić information content (AvgIpc) is 2.56. The first-order chi connectivity index (χ1) is 11.5. The Morgan fingerprint density at radius 1 is 1.38 bits per heavy atom. The van der Waals surface area contributed by atoms with Crippen LogP contribution < -0.4 is 10.2 Å². The fraction of sp³-hybridized carbons (Fsp3) is 0.0667. The van der Waals surface area contributed by atoms with Crippen molar-refractivity contribution >= 4 is 33.7 Å². The topological polar surface area (TPSA) is 114 Å². The molecule has 8 nitrogen and oxygen atoms in total. The number of carbonyl (C=O) groups is 1. The minimum Gasteiger partial charge on any atom is -0.507 e. The maximum absolute atomic E-state index is 11.6. The molecule has 0 radical (unpaired) electrons. The van der Waals surface area contributed by atoms with Crippen LogP contribution in [0.15, 0.2) is 52.0 Å². The molecule has 2 N–H and O–H groups in total. The van der Waals surface area contributed by atoms with Crippen LogP contribution in [-0.4, -0.2) is 28.8 Å². The van der Waals surface area contributed by atoms with Gasteiger partial charge in [0.1, 0.15) is 5.75 Å². The summed E-state index contributed by atoms with van der Waals surface area (Å²) in [4.78, 5) is 21.9. The minimum absolute atomic E-state index is 0.00681. The first kappa shape index (κ1) is 17.4. The molecule has 124 valence electrons. The fourth-order valence-electron chi connectivity index (χ4n) is 1.71. The summed E-state index contributed by atoms with van der Waals surface area (Å²) in [5.41, 5.74) is 2.38. The normalized spacial score (nSPS) is 10.5. The predicted molar refractivity (Wildman–Crippen MR) is 90.1 cm³/mol. The lowest BCUT2D eigenvalue weighted by atomic mass is 10.2. The highest BCUT2D eigenvalue weighted by atomic mass is 79.9. The highest BCUT2D eigenvalue weighted by Crippen LogP contribution is 2.25. The van der Waals surface area contributed by atoms with Gasteiger partial charge in [0.2, 0.25) is 0 Å². The van der Waals surface area contributed by atoms with E-state index in [1.165, 1.54) is 30.5 Å². The van der Waals surface area contributed by atoms with E-state index in [1.807, 2.05) is 0 Å². The number of ether oxygens (including phenoxy) is 1. The summed E-state index contributed by atoms with van der Waals surface area (Å²) in [5.74, 6) is -0.600. The molecule has 0 bridgehead atoms. The van der Waals surface area contributed by atoms with Gasteiger partial charge in [-0.05, 0) is 24.3 Å². The minimum atomic E-state index is -0.598. The number of hydrogen-bond donors (Lipinski definition) is 2. The van der Waals surface area contributed by atoms with Crippen molar-refractivity contribution < 1.29 is 19.6 Å². The van der Waals surface area contributed by atoms with Crippen LogP contribution in [0.2, 0.25) is 0 Å². The van der Waals surface area contributed by atoms with E-state index in [0.717, 1.165) is 4.47 Å². The second-order valence-corrected chi connectivity index (χ2v) is 5.43. The molecule has 0 aromatic heterocycles. The molecule has 0 fully saturated rings. The maximum Gasteiger partial charge on any atom is 0.310 e. The van der Waals surface area contributed by atoms with Crippen molar-refractivity contribution in [1.82, 2.24) is 5.43 Å². The number of rotatable bonds is 6. The smallest absolute Gasteiger partial charge is 0.310 e. The van der Waals surface area contributed by atoms with Crippen LogP contribution in [0.4, 0.5) is 5.69 Å². The van der Waals surface area contributed by atoms with Gasteiger partial charge < -0.3 is 9.84 Å². The van der Waals surface area contributed by atoms with Gasteiger partial charge in [-0.15, -0.1) is 0 Å². The predicted octanol–water partition coefficient (Wildman–Crippen LogP) is 2.59. The lowest BCUT2D eigenvalue weighted by Gasteiger charge is -2.05. The SMILES string of the molecule is O=C(COc1ccccc1[N+](=O)[O-])N/N=C\c1cc(Br)ccc1O. The van der Waals surface area contributed by atoms with Crippen LogP contribution in [0.25, 0.3) is 0 Å². The summed E-state index contributed by atoms with van der Waals surface area (Å²) in [6.07, 6.45) is 1.27. The largest absolute Gasteiger partial charge is 0.507 e. The molecular weight excluding hydrogens is 382 g/mol. The van der Waals surface area contributed by atoms with Gasteiger partial charge in [0, 0.05) is 16.1 Å². The molecule has 0 aliphatic rings. The summed E-state index contributed by atoms with van der Waals surface area (Å²) >= 11 is 3.25. The van der Waals surface area contributed by atoms with Gasteiger partial charge in [0.15, 0.2) is 12.4 Å². The van der Waals surface area contributed by atoms with E-state index >= 15 is 0 Å². The monoisotopic (exact) mass is 393 g/mol. The van der Waals surface area contributed by atoms with Crippen molar-refractivity contribution in [2.75, 3.05) is 6.61 Å². The third-order valence-electron chi connectivity index (χ3n) is 2.80. The number of nitro groups is 1. The number of nitro benzene ring substituents is 1. The molecule has 2 aromatic rings. The zero-order valence-electron chi connectivity index (χ0n) is 12.2. The van der Waals surface area contributed by atoms with E-state index < -0.39 is 17.4 Å². The van der Waals surface area contributed by atoms with Crippen molar-refractivity contribution in [3.63, 3.8) is 0 Å². The number of phenols is 1. The van der Waals surface area contributed by atoms with Gasteiger partial charge >= 0.3 is 5.69 Å². The van der Waals surface area contributed by atoms with E-state index in [0.29, 0.717) is 5.56 Å². The van der Waals surface area contributed by atoms with E-state index in [2.05, 4.69) is 26.5 Å². The molecule has 0 aliphatic carbocycles. The number of hydrazone groups is 1. The summed E-state index contributed by atoms with van der Waals surface area (Å²) in [6, 6.07) is 10.5. The number of benzene rings is 2. The molecule has 0 saturated heterocycles. The number of hydrogen-bond acceptors (Lipinski definition) is 6. The molecule has 24 heavy (non-hydrogen) atoms. The van der Waals surface area contributed by atoms with E-state index in [4.69, 9.17) is 4.74 Å². The van der Waals surface area contributed by atoms with E-state index in [9.17, 15) is 20.0 Å². The number of carbonyl (C=O) groups excluding carboxylic acids is 1. The number of para-hydroxylation sites is 2. The zero-order chi connectivity index (χ0) is 17.5. The Kier molecular flexibility index (Phi) is 5.85. The van der Waals surface area contributed by atoms with Crippen molar-refractivity contribution in [3.05, 3.63) is 62.6 Å². The summed E-state index contributed by atoms with van der Waals surface area (Å²) < 4.78 is 5.86. The highest BCUT2D eigenvalue weighted by Gasteiger charge is 2.14. The molecule has 1 amide bonds. The number of halogens is 1. The van der Waals surface area contributed by atoms with Gasteiger partial charge in [-0.3, -0.25) is 14.9 Å². The molecule has 0 heterocycles. The molecule has 2 aromatic carbocycles. The number of aromatic hydroxyl groups is 1. The third kappa shape index (κ3) is 4.78. The van der Waals surface area contributed by atoms with Crippen LogP contribution in [-0.2, 0) is 4.79 Å². The summed E-state index contributed by atoms with van der Waals surface area (Å²) in [5, 5.41) is 24.1. The van der Waals surface area contributed by atoms with E-state index in [1.54, 1.807) is 18.2 Å². The standard InChI is InChI=1S/C15H12BrN3O5/c16-11-5-6-13(20)10(7-11)8-17-18-15(21)9-24-14-4-2-1-3-12(14)19(22)23/h1-8,20H,9H2,(H,18,21)/b17-8-. The van der Waals surface area contributed by atoms with Gasteiger partial charge in [-0.1, -0.05) is 28.1 Å². The second-order valence-electron chi connectivity index (χ2n) is 4.51. The van der Waals surface area contributed by atoms with Gasteiger partial charge in [0.25, 0.3) is 5.91 Å². The molecular formula is C15H12BrN3O5. The molecule has 9 heteroatoms. The highest BCUT2D eigenvalue weighted by molar-refractivity contribution is 9.10. The van der Waals surface area contributed by atoms with Crippen LogP contribution in [0.5, 0.6) is 11.5 Å². The number of phenolic OH excluding ortho intramolecular Hbond substituents is 1. The fourth-order valence-corrected chi connectivity index (χ4v) is 2.09. The Bertz CT molecular complexity index is 794. The van der Waals surface area contributed by atoms with Crippen LogP contribution >= 0.6 is 15.9 Å². The average molecular weight is 394 g/mol. The first-order valence-electron chi connectivity index (χ1n) is 6.64. The maximum atomic E-state index is 11.6. The molecule has 0 unspecified atom stereocenters. The van der Waals surface area contributed by atoms with Crippen molar-refractivity contribution in [2.24, 2.45) is 5.10 Å². The van der Waals surface area contributed by atoms with Crippen LogP contribution in [0, 0.1) is 10.1 Å². The Morgan fingerprint density at radius 3 is 2.88 bits per heavy atom. The quantitative estimate of drug-likeness (QED) is 0.444. The Balaban J connectivity index is 1.91. The summed E-state index contributed by atoms with van der Waals surface area (Å²) in [7, 11) is 0. The van der Waals surface area contributed by atoms with E-state index in [-0.39, 0.29) is 17.2 Å². The lowest BCUT2D eigenvalue weighted by Crippen LogP contribution is -2.24. The van der Waals surface area contributed by atoms with Crippen LogP contribution in [0.3, 0.4) is 0 Å². The van der Waals surface area contributed by atoms with Gasteiger partial charge in [-0.25, -0.2) is 5.43 Å². The Morgan fingerprint density at radius 2 is 2.12 bits per heavy atom. The van der Waals surface area contributed by atoms with Gasteiger partial charge in [-0.2, -0.15) is 5.10 Å². The Hall–Kier alpha value is -2.94. The lowest BCUT2D eigenvalue weighted by molar-refractivity contribution is -0.385. The van der Waals surface area contributed by atoms with Gasteiger partial charge in [0.05, 0.1) is 11.1 Å². The molecule has 0 spiro atoms. The first-order valence-corrected chi connectivity index (χ1v) is 7.43. The Labute approximate surface area is 145 Å². The number of nitrogens with one attached hydrogen (secondary N) is 1. The van der Waals surface area contributed by atoms with Crippen LogP contribution in [0.1, 0.15) is 5.56 Å². The molecule has 0 saturated carbocycles. The zero-order valence-corrected chi connectivity index (χ0v) is 13.8. The molecule has 0 atom stereocenters. The third-order valence-corrected chi connectivity index (χ3v) is 3.30. The molecule has 2 rings (SSSR count). The second kappa shape index (κ2) is 8.06. The number of nitrogens with zero attached hydrogens (tertiary/aromatic N) is 2. The summed E-state index contributed by atoms with van der Waals surface area (Å²) in [6.45, 7) is -0.438. The number of amides is 1. The molecule has 0 aliphatic heterocycles. The van der Waals surface area contributed by atoms with Crippen molar-refractivity contribution in [1.29, 1.82) is 0 Å². The van der Waals surface area contributed by atoms with Crippen molar-refractivity contribution in [3.8, 4) is 11.5 Å².